The normalized spacial score (nSPS) is 14.1. The molecule has 3 rings (SSSR count). The van der Waals surface area contributed by atoms with Gasteiger partial charge in [-0.15, -0.1) is 0 Å². The van der Waals surface area contributed by atoms with E-state index in [0.717, 1.165) is 6.26 Å². The van der Waals surface area contributed by atoms with E-state index < -0.39 is 19.9 Å². The highest BCUT2D eigenvalue weighted by Gasteiger charge is 2.22. The molecule has 9 heteroatoms. The van der Waals surface area contributed by atoms with E-state index in [-0.39, 0.29) is 27.8 Å². The molecular weight excluding hydrogens is 352 g/mol. The number of hydrogen-bond donors (Lipinski definition) is 2. The fourth-order valence-corrected chi connectivity index (χ4v) is 4.10. The first-order valence-corrected chi connectivity index (χ1v) is 10.3. The summed E-state index contributed by atoms with van der Waals surface area (Å²) in [5.41, 5.74) is 1.48. The van der Waals surface area contributed by atoms with Gasteiger partial charge in [0.2, 0.25) is 5.91 Å². The van der Waals surface area contributed by atoms with Gasteiger partial charge >= 0.3 is 0 Å². The number of rotatable bonds is 4. The number of carbonyl (C=O) groups excluding carboxylic acids is 1. The van der Waals surface area contributed by atoms with E-state index in [1.807, 2.05) is 0 Å². The van der Waals surface area contributed by atoms with Crippen LogP contribution in [0.1, 0.15) is 5.56 Å². The van der Waals surface area contributed by atoms with Gasteiger partial charge in [-0.05, 0) is 48.0 Å². The number of carbonyl (C=O) groups is 1. The Kier molecular flexibility index (Phi) is 3.84. The van der Waals surface area contributed by atoms with Crippen molar-refractivity contribution >= 4 is 37.1 Å². The predicted molar refractivity (Wildman–Crippen MR) is 89.1 cm³/mol. The second kappa shape index (κ2) is 5.60. The number of hydrogen-bond acceptors (Lipinski definition) is 5. The zero-order valence-electron chi connectivity index (χ0n) is 12.6. The third-order valence-electron chi connectivity index (χ3n) is 3.55. The summed E-state index contributed by atoms with van der Waals surface area (Å²) < 4.78 is 50.1. The predicted octanol–water partition coefficient (Wildman–Crippen LogP) is 1.39. The van der Waals surface area contributed by atoms with Crippen molar-refractivity contribution in [2.75, 3.05) is 16.3 Å². The molecule has 7 nitrogen and oxygen atoms in total. The van der Waals surface area contributed by atoms with E-state index in [0.29, 0.717) is 11.3 Å². The number of amides is 1. The maximum atomic E-state index is 12.4. The van der Waals surface area contributed by atoms with E-state index in [9.17, 15) is 21.6 Å². The highest BCUT2D eigenvalue weighted by atomic mass is 32.2. The van der Waals surface area contributed by atoms with Crippen LogP contribution in [0.5, 0.6) is 0 Å². The van der Waals surface area contributed by atoms with Gasteiger partial charge in [-0.3, -0.25) is 9.52 Å². The molecule has 24 heavy (non-hydrogen) atoms. The molecule has 1 heterocycles. The molecule has 0 bridgehead atoms. The van der Waals surface area contributed by atoms with E-state index in [1.165, 1.54) is 36.4 Å². The molecule has 0 saturated carbocycles. The summed E-state index contributed by atoms with van der Waals surface area (Å²) in [7, 11) is -7.18. The number of fused-ring (bicyclic) bond motifs is 1. The quantitative estimate of drug-likeness (QED) is 0.850. The standard InChI is InChI=1S/C15H14N2O5S2/c1-23(19,20)12-4-2-11(3-5-12)17-24(21,22)13-6-7-14-10(8-13)9-15(18)16-14/h2-8,17H,9H2,1H3,(H,16,18). The smallest absolute Gasteiger partial charge is 0.261 e. The molecule has 0 aromatic heterocycles. The van der Waals surface area contributed by atoms with Crippen LogP contribution < -0.4 is 10.0 Å². The van der Waals surface area contributed by atoms with Gasteiger partial charge in [-0.25, -0.2) is 16.8 Å². The van der Waals surface area contributed by atoms with Crippen molar-refractivity contribution in [1.29, 1.82) is 0 Å². The zero-order chi connectivity index (χ0) is 17.5. The molecule has 1 aliphatic rings. The molecule has 0 fully saturated rings. The van der Waals surface area contributed by atoms with Crippen molar-refractivity contribution in [3.05, 3.63) is 48.0 Å². The Labute approximate surface area is 139 Å². The molecule has 0 saturated heterocycles. The first-order valence-electron chi connectivity index (χ1n) is 6.91. The Morgan fingerprint density at radius 1 is 0.958 bits per heavy atom. The summed E-state index contributed by atoms with van der Waals surface area (Å²) in [5.74, 6) is -0.177. The van der Waals surface area contributed by atoms with Crippen molar-refractivity contribution in [2.24, 2.45) is 0 Å². The topological polar surface area (TPSA) is 109 Å². The molecule has 0 radical (unpaired) electrons. The lowest BCUT2D eigenvalue weighted by molar-refractivity contribution is -0.115. The Balaban J connectivity index is 1.87. The lowest BCUT2D eigenvalue weighted by Crippen LogP contribution is -2.13. The van der Waals surface area contributed by atoms with Gasteiger partial charge in [0, 0.05) is 17.6 Å². The summed E-state index contributed by atoms with van der Waals surface area (Å²) in [4.78, 5) is 11.5. The monoisotopic (exact) mass is 366 g/mol. The highest BCUT2D eigenvalue weighted by molar-refractivity contribution is 7.92. The van der Waals surface area contributed by atoms with E-state index in [1.54, 1.807) is 6.07 Å². The number of anilines is 2. The maximum Gasteiger partial charge on any atom is 0.261 e. The Morgan fingerprint density at radius 3 is 2.21 bits per heavy atom. The first-order chi connectivity index (χ1) is 11.1. The van der Waals surface area contributed by atoms with Crippen LogP contribution in [-0.2, 0) is 31.1 Å². The van der Waals surface area contributed by atoms with Gasteiger partial charge in [0.15, 0.2) is 9.84 Å². The fourth-order valence-electron chi connectivity index (χ4n) is 2.36. The van der Waals surface area contributed by atoms with E-state index in [4.69, 9.17) is 0 Å². The highest BCUT2D eigenvalue weighted by Crippen LogP contribution is 2.27. The molecule has 0 unspecified atom stereocenters. The molecule has 2 N–H and O–H groups in total. The molecule has 1 aliphatic heterocycles. The number of benzene rings is 2. The van der Waals surface area contributed by atoms with Crippen LogP contribution in [0.25, 0.3) is 0 Å². The third-order valence-corrected chi connectivity index (χ3v) is 6.05. The summed E-state index contributed by atoms with van der Waals surface area (Å²) in [5, 5.41) is 2.64. The molecule has 2 aromatic rings. The van der Waals surface area contributed by atoms with Gasteiger partial charge in [-0.1, -0.05) is 0 Å². The van der Waals surface area contributed by atoms with Gasteiger partial charge < -0.3 is 5.32 Å². The van der Waals surface area contributed by atoms with Crippen LogP contribution in [-0.4, -0.2) is 29.0 Å². The average Bonchev–Trinajstić information content (AvgIpc) is 2.85. The molecule has 1 amide bonds. The third kappa shape index (κ3) is 3.26. The van der Waals surface area contributed by atoms with E-state index in [2.05, 4.69) is 10.0 Å². The van der Waals surface area contributed by atoms with Crippen molar-refractivity contribution in [2.45, 2.75) is 16.2 Å². The molecule has 0 atom stereocenters. The van der Waals surface area contributed by atoms with Crippen LogP contribution in [0.15, 0.2) is 52.3 Å². The van der Waals surface area contributed by atoms with Crippen LogP contribution in [0, 0.1) is 0 Å². The lowest BCUT2D eigenvalue weighted by atomic mass is 10.2. The zero-order valence-corrected chi connectivity index (χ0v) is 14.2. The van der Waals surface area contributed by atoms with Crippen molar-refractivity contribution < 1.29 is 21.6 Å². The molecule has 2 aromatic carbocycles. The summed E-state index contributed by atoms with van der Waals surface area (Å²) >= 11 is 0. The second-order valence-electron chi connectivity index (χ2n) is 5.45. The largest absolute Gasteiger partial charge is 0.326 e. The molecule has 126 valence electrons. The second-order valence-corrected chi connectivity index (χ2v) is 9.14. The minimum absolute atomic E-state index is 0.0324. The van der Waals surface area contributed by atoms with E-state index >= 15 is 0 Å². The molecular formula is C15H14N2O5S2. The van der Waals surface area contributed by atoms with Gasteiger partial charge in [0.1, 0.15) is 0 Å². The molecule has 0 aliphatic carbocycles. The molecule has 0 spiro atoms. The maximum absolute atomic E-state index is 12.4. The van der Waals surface area contributed by atoms with Crippen molar-refractivity contribution in [3.63, 3.8) is 0 Å². The minimum Gasteiger partial charge on any atom is -0.326 e. The SMILES string of the molecule is CS(=O)(=O)c1ccc(NS(=O)(=O)c2ccc3c(c2)CC(=O)N3)cc1. The summed E-state index contributed by atoms with van der Waals surface area (Å²) in [6.07, 6.45) is 1.22. The van der Waals surface area contributed by atoms with Crippen LogP contribution in [0.3, 0.4) is 0 Å². The van der Waals surface area contributed by atoms with Crippen LogP contribution in [0.2, 0.25) is 0 Å². The average molecular weight is 366 g/mol. The van der Waals surface area contributed by atoms with Crippen LogP contribution in [0.4, 0.5) is 11.4 Å². The summed E-state index contributed by atoms with van der Waals surface area (Å²) in [6.45, 7) is 0. The number of sulfone groups is 1. The van der Waals surface area contributed by atoms with Gasteiger partial charge in [-0.2, -0.15) is 0 Å². The Bertz CT molecular complexity index is 1030. The van der Waals surface area contributed by atoms with Crippen LogP contribution >= 0.6 is 0 Å². The first kappa shape index (κ1) is 16.5. The summed E-state index contributed by atoms with van der Waals surface area (Å²) in [6, 6.07) is 9.81. The number of nitrogens with one attached hydrogen (secondary N) is 2. The fraction of sp³-hybridized carbons (Fsp3) is 0.133. The van der Waals surface area contributed by atoms with Crippen molar-refractivity contribution in [1.82, 2.24) is 0 Å². The van der Waals surface area contributed by atoms with Gasteiger partial charge in [0.25, 0.3) is 10.0 Å². The number of sulfonamides is 1. The Hall–Kier alpha value is -2.39. The van der Waals surface area contributed by atoms with Gasteiger partial charge in [0.05, 0.1) is 16.2 Å². The lowest BCUT2D eigenvalue weighted by Gasteiger charge is -2.09. The minimum atomic E-state index is -3.84. The Morgan fingerprint density at radius 2 is 1.58 bits per heavy atom. The van der Waals surface area contributed by atoms with Crippen molar-refractivity contribution in [3.8, 4) is 0 Å².